The Morgan fingerprint density at radius 1 is 0.743 bits per heavy atom. The van der Waals surface area contributed by atoms with E-state index in [4.69, 9.17) is 47.1 Å². The molecule has 9 rings (SSSR count). The molecule has 0 aliphatic carbocycles. The average Bonchev–Trinajstić information content (AvgIpc) is 3.38. The molecule has 4 aromatic carbocycles. The Hall–Kier alpha value is -3.21. The molecule has 1 unspecified atom stereocenters. The fourth-order valence-electron chi connectivity index (χ4n) is 11.5. The van der Waals surface area contributed by atoms with Crippen molar-refractivity contribution in [3.8, 4) is 0 Å². The van der Waals surface area contributed by atoms with E-state index in [9.17, 15) is 0 Å². The van der Waals surface area contributed by atoms with E-state index in [1.54, 1.807) is 11.8 Å². The molecule has 0 amide bonds. The third kappa shape index (κ3) is 12.7. The zero-order chi connectivity index (χ0) is 52.4. The Labute approximate surface area is 448 Å². The smallest absolute Gasteiger partial charge is 0.192 e. The molecule has 5 aliphatic heterocycles. The van der Waals surface area contributed by atoms with Gasteiger partial charge in [0.15, 0.2) is 14.6 Å². The quantitative estimate of drug-likeness (QED) is 0.0296. The zero-order valence-corrected chi connectivity index (χ0v) is 47.6. The molecule has 0 radical (unpaired) electrons. The molecule has 15 atom stereocenters. The molecule has 0 aromatic heterocycles. The van der Waals surface area contributed by atoms with E-state index < -0.39 is 37.0 Å². The van der Waals surface area contributed by atoms with Gasteiger partial charge in [-0.15, -0.1) is 6.58 Å². The Kier molecular flexibility index (Phi) is 17.3. The van der Waals surface area contributed by atoms with E-state index in [1.807, 2.05) is 48.5 Å². The van der Waals surface area contributed by atoms with E-state index >= 15 is 0 Å². The number of benzene rings is 4. The van der Waals surface area contributed by atoms with E-state index in [2.05, 4.69) is 154 Å². The summed E-state index contributed by atoms with van der Waals surface area (Å²) in [4.78, 5) is 1.13. The Bertz CT molecular complexity index is 2410. The maximum Gasteiger partial charge on any atom is 0.192 e. The molecule has 5 saturated heterocycles. The fourth-order valence-corrected chi connectivity index (χ4v) is 13.9. The van der Waals surface area contributed by atoms with Crippen LogP contribution in [0.3, 0.4) is 0 Å². The van der Waals surface area contributed by atoms with Crippen LogP contribution in [-0.4, -0.2) is 98.2 Å². The van der Waals surface area contributed by atoms with Crippen LogP contribution in [0.4, 0.5) is 0 Å². The first-order valence-corrected chi connectivity index (χ1v) is 31.0. The van der Waals surface area contributed by atoms with Gasteiger partial charge in [0.05, 0.1) is 79.4 Å². The van der Waals surface area contributed by atoms with Gasteiger partial charge in [0.1, 0.15) is 17.1 Å². The van der Waals surface area contributed by atoms with Gasteiger partial charge < -0.3 is 47.1 Å². The predicted octanol–water partition coefficient (Wildman–Crippen LogP) is 13.6. The van der Waals surface area contributed by atoms with Gasteiger partial charge in [-0.25, -0.2) is 0 Å². The van der Waals surface area contributed by atoms with Crippen molar-refractivity contribution < 1.29 is 47.1 Å². The highest BCUT2D eigenvalue weighted by molar-refractivity contribution is 7.99. The van der Waals surface area contributed by atoms with Crippen LogP contribution in [0.5, 0.6) is 0 Å². The summed E-state index contributed by atoms with van der Waals surface area (Å²) >= 11 is 1.75. The molecule has 5 heterocycles. The first-order valence-electron chi connectivity index (χ1n) is 27.3. The molecule has 4 aromatic rings. The minimum Gasteiger partial charge on any atom is -0.411 e. The molecule has 5 aliphatic rings. The molecule has 10 nitrogen and oxygen atoms in total. The lowest BCUT2D eigenvalue weighted by atomic mass is 9.73. The number of thioether (sulfide) groups is 1. The van der Waals surface area contributed by atoms with Crippen molar-refractivity contribution in [2.45, 2.75) is 213 Å². The summed E-state index contributed by atoms with van der Waals surface area (Å²) in [6.45, 7) is 29.0. The highest BCUT2D eigenvalue weighted by Gasteiger charge is 2.61. The molecule has 12 heteroatoms. The summed E-state index contributed by atoms with van der Waals surface area (Å²) in [5.74, 6) is 0.0107. The van der Waals surface area contributed by atoms with Gasteiger partial charge in [-0.1, -0.05) is 155 Å². The molecule has 0 bridgehead atoms. The summed E-state index contributed by atoms with van der Waals surface area (Å²) < 4.78 is 70.4. The largest absolute Gasteiger partial charge is 0.411 e. The van der Waals surface area contributed by atoms with E-state index in [0.29, 0.717) is 65.0 Å². The van der Waals surface area contributed by atoms with Crippen LogP contribution in [0.25, 0.3) is 0 Å². The highest BCUT2D eigenvalue weighted by Crippen LogP contribution is 2.52. The number of rotatable bonds is 19. The molecule has 74 heavy (non-hydrogen) atoms. The highest BCUT2D eigenvalue weighted by atomic mass is 32.2. The number of hydrogen-bond acceptors (Lipinski definition) is 11. The summed E-state index contributed by atoms with van der Waals surface area (Å²) in [6, 6.07) is 41.4. The van der Waals surface area contributed by atoms with Gasteiger partial charge in [0.2, 0.25) is 0 Å². The second-order valence-electron chi connectivity index (χ2n) is 24.1. The molecule has 402 valence electrons. The first-order chi connectivity index (χ1) is 35.3. The topological polar surface area (TPSA) is 92.3 Å². The third-order valence-electron chi connectivity index (χ3n) is 17.2. The molecule has 0 N–H and O–H groups in total. The van der Waals surface area contributed by atoms with Gasteiger partial charge in [0, 0.05) is 49.2 Å². The van der Waals surface area contributed by atoms with Crippen molar-refractivity contribution >= 4 is 20.1 Å². The van der Waals surface area contributed by atoms with Gasteiger partial charge in [0.25, 0.3) is 0 Å². The molecular weight excluding hydrogens is 965 g/mol. The maximum absolute atomic E-state index is 7.57. The number of ether oxygens (including phenoxy) is 9. The molecule has 5 fully saturated rings. The van der Waals surface area contributed by atoms with Gasteiger partial charge in [-0.3, -0.25) is 0 Å². The van der Waals surface area contributed by atoms with Crippen LogP contribution in [0.2, 0.25) is 18.1 Å². The normalized spacial score (nSPS) is 35.1. The molecule has 0 spiro atoms. The number of fused-ring (bicyclic) bond motifs is 3. The minimum absolute atomic E-state index is 0.00312. The van der Waals surface area contributed by atoms with Crippen LogP contribution in [0.1, 0.15) is 117 Å². The van der Waals surface area contributed by atoms with E-state index in [-0.39, 0.29) is 65.2 Å². The summed E-state index contributed by atoms with van der Waals surface area (Å²) in [7, 11) is -2.27. The van der Waals surface area contributed by atoms with E-state index in [1.165, 1.54) is 0 Å². The second-order valence-corrected chi connectivity index (χ2v) is 30.0. The lowest BCUT2D eigenvalue weighted by Gasteiger charge is -2.59. The fraction of sp³-hybridized carbons (Fsp3) is 0.581. The van der Waals surface area contributed by atoms with Gasteiger partial charge >= 0.3 is 0 Å². The van der Waals surface area contributed by atoms with Crippen LogP contribution in [-0.2, 0) is 60.3 Å². The SMILES string of the molecule is C=C[C@@]1(C)O[C@@]2(C)C[C@@H](OCc3ccccc3)[C@](C)(CCOCc3ccccc3)O[C@@H]2C[C@@H]1OC(Sc1ccccc1)[C@H](C)C[C@@H]1O[C@@H]2C[C@@H]3O[C@H](c4ccccc4)OC[C@H]3O[C@@]2(C)C[C@H]1O[Si](C)(C)C(C)(C)C. The van der Waals surface area contributed by atoms with Crippen molar-refractivity contribution in [2.24, 2.45) is 5.92 Å². The predicted molar refractivity (Wildman–Crippen MR) is 294 cm³/mol. The lowest BCUT2D eigenvalue weighted by Crippen LogP contribution is -2.69. The van der Waals surface area contributed by atoms with Gasteiger partial charge in [-0.2, -0.15) is 0 Å². The van der Waals surface area contributed by atoms with Crippen molar-refractivity contribution in [3.63, 3.8) is 0 Å². The Morgan fingerprint density at radius 3 is 2.03 bits per heavy atom. The Morgan fingerprint density at radius 2 is 1.38 bits per heavy atom. The Balaban J connectivity index is 0.962. The van der Waals surface area contributed by atoms with Crippen LogP contribution < -0.4 is 0 Å². The van der Waals surface area contributed by atoms with E-state index in [0.717, 1.165) is 21.6 Å². The first kappa shape index (κ1) is 55.5. The van der Waals surface area contributed by atoms with Crippen molar-refractivity contribution in [1.82, 2.24) is 0 Å². The maximum atomic E-state index is 7.57. The number of hydrogen-bond donors (Lipinski definition) is 0. The monoisotopic (exact) mass is 1050 g/mol. The average molecular weight is 1050 g/mol. The third-order valence-corrected chi connectivity index (χ3v) is 23.0. The van der Waals surface area contributed by atoms with Crippen LogP contribution in [0.15, 0.2) is 139 Å². The molecule has 0 saturated carbocycles. The van der Waals surface area contributed by atoms with Crippen molar-refractivity contribution in [2.75, 3.05) is 13.2 Å². The van der Waals surface area contributed by atoms with Gasteiger partial charge in [-0.05, 0) is 81.4 Å². The standard InChI is InChI=1S/C62H84O10SSi/c1-12-59(6)53(37-54-62(9,72-59)39-55(64-41-45-27-19-14-20-28-45)60(7,70-54)33-34-63-40-44-25-17-13-18-26-44)68-57(73-47-31-23-16-24-32-47)43(2)35-48-50(71-74(10,11)58(3,4)5)38-61(8)52(66-48)36-49-51(69-61)42-65-56(67-49)46-29-21-15-22-30-46/h12-32,43,48-57H,1,33-42H2,2-11H3/t43-,48+,49+,50-,51-,52-,53+,54-,55-,56-,57?,59-,60+,61+,62+/m1/s1. The zero-order valence-electron chi connectivity index (χ0n) is 45.7. The van der Waals surface area contributed by atoms with Crippen LogP contribution in [0, 0.1) is 5.92 Å². The lowest BCUT2D eigenvalue weighted by molar-refractivity contribution is -0.345. The van der Waals surface area contributed by atoms with Crippen molar-refractivity contribution in [1.29, 1.82) is 0 Å². The summed E-state index contributed by atoms with van der Waals surface area (Å²) in [5, 5.41) is -0.00312. The summed E-state index contributed by atoms with van der Waals surface area (Å²) in [5.41, 5.74) is 0.203. The van der Waals surface area contributed by atoms with Crippen molar-refractivity contribution in [3.05, 3.63) is 151 Å². The second kappa shape index (κ2) is 23.0. The van der Waals surface area contributed by atoms with Crippen LogP contribution >= 0.6 is 11.8 Å². The summed E-state index contributed by atoms with van der Waals surface area (Å²) in [6.07, 6.45) is 3.57. The molecular formula is C62H84O10SSi. The minimum atomic E-state index is -2.27.